The van der Waals surface area contributed by atoms with Gasteiger partial charge in [0, 0.05) is 42.4 Å². The molecule has 3 heterocycles. The summed E-state index contributed by atoms with van der Waals surface area (Å²) in [5.41, 5.74) is 1.49. The topological polar surface area (TPSA) is 74.1 Å². The van der Waals surface area contributed by atoms with Crippen molar-refractivity contribution in [2.24, 2.45) is 0 Å². The van der Waals surface area contributed by atoms with E-state index in [0.717, 1.165) is 42.0 Å². The van der Waals surface area contributed by atoms with E-state index in [1.54, 1.807) is 23.0 Å². The van der Waals surface area contributed by atoms with Gasteiger partial charge in [0.1, 0.15) is 11.9 Å². The molecular weight excluding hydrogens is 440 g/mol. The van der Waals surface area contributed by atoms with Crippen molar-refractivity contribution < 1.29 is 4.42 Å². The van der Waals surface area contributed by atoms with Crippen LogP contribution in [0.5, 0.6) is 0 Å². The van der Waals surface area contributed by atoms with Crippen molar-refractivity contribution in [1.82, 2.24) is 19.7 Å². The summed E-state index contributed by atoms with van der Waals surface area (Å²) in [5.74, 6) is 1.27. The summed E-state index contributed by atoms with van der Waals surface area (Å²) in [5, 5.41) is 13.8. The van der Waals surface area contributed by atoms with E-state index in [0.29, 0.717) is 23.0 Å². The largest absolute Gasteiger partial charge is 0.409 e. The zero-order valence-electron chi connectivity index (χ0n) is 15.0. The van der Waals surface area contributed by atoms with E-state index in [-0.39, 0.29) is 0 Å². The molecule has 0 N–H and O–H groups in total. The number of nitrogens with zero attached hydrogens (tertiary/aromatic N) is 6. The van der Waals surface area contributed by atoms with Gasteiger partial charge in [-0.3, -0.25) is 4.90 Å². The van der Waals surface area contributed by atoms with Gasteiger partial charge in [0.2, 0.25) is 5.89 Å². The van der Waals surface area contributed by atoms with Crippen LogP contribution in [0.3, 0.4) is 0 Å². The van der Waals surface area contributed by atoms with Crippen LogP contribution in [0.25, 0.3) is 11.5 Å². The third-order valence-corrected chi connectivity index (χ3v) is 5.43. The monoisotopic (exact) mass is 456 g/mol. The summed E-state index contributed by atoms with van der Waals surface area (Å²) in [6, 6.07) is 13.6. The molecule has 1 saturated heterocycles. The van der Waals surface area contributed by atoms with E-state index >= 15 is 0 Å². The van der Waals surface area contributed by atoms with Gasteiger partial charge in [-0.2, -0.15) is 5.26 Å². The fourth-order valence-electron chi connectivity index (χ4n) is 3.13. The lowest BCUT2D eigenvalue weighted by atomic mass is 10.2. The molecule has 2 aromatic heterocycles. The molecule has 0 aliphatic carbocycles. The number of benzene rings is 1. The van der Waals surface area contributed by atoms with Crippen LogP contribution in [0.4, 0.5) is 5.82 Å². The lowest BCUT2D eigenvalue weighted by Crippen LogP contribution is -2.47. The Morgan fingerprint density at radius 3 is 2.61 bits per heavy atom. The Bertz CT molecular complexity index is 1060. The average molecular weight is 457 g/mol. The van der Waals surface area contributed by atoms with Crippen molar-refractivity contribution in [1.29, 1.82) is 5.26 Å². The third-order valence-electron chi connectivity index (χ3n) is 4.61. The standard InChI is InChI=1S/C19H17BrN6OS/c20-16-5-3-14(4-6-16)18-23-26(19(28)27-18)13-24-8-10-25(11-9-24)17-15(12-21)2-1-7-22-17/h1-7H,8-11,13H2. The van der Waals surface area contributed by atoms with Crippen LogP contribution in [0.15, 0.2) is 51.5 Å². The van der Waals surface area contributed by atoms with Crippen molar-refractivity contribution in [3.63, 3.8) is 0 Å². The molecule has 3 aromatic rings. The van der Waals surface area contributed by atoms with E-state index in [2.05, 4.69) is 41.9 Å². The minimum Gasteiger partial charge on any atom is -0.409 e. The minimum absolute atomic E-state index is 0.358. The molecule has 0 saturated carbocycles. The maximum Gasteiger partial charge on any atom is 0.288 e. The number of hydrogen-bond donors (Lipinski definition) is 0. The first kappa shape index (κ1) is 18.8. The first-order chi connectivity index (χ1) is 13.6. The molecule has 1 aromatic carbocycles. The minimum atomic E-state index is 0.358. The van der Waals surface area contributed by atoms with E-state index in [1.165, 1.54) is 0 Å². The summed E-state index contributed by atoms with van der Waals surface area (Å²) < 4.78 is 8.38. The number of nitriles is 1. The second-order valence-electron chi connectivity index (χ2n) is 6.41. The second kappa shape index (κ2) is 8.22. The van der Waals surface area contributed by atoms with Gasteiger partial charge in [-0.25, -0.2) is 9.67 Å². The van der Waals surface area contributed by atoms with Crippen molar-refractivity contribution in [2.45, 2.75) is 6.67 Å². The van der Waals surface area contributed by atoms with E-state index in [1.807, 2.05) is 24.3 Å². The first-order valence-corrected chi connectivity index (χ1v) is 10.0. The third kappa shape index (κ3) is 3.99. The normalized spacial score (nSPS) is 14.8. The predicted molar refractivity (Wildman–Crippen MR) is 111 cm³/mol. The fourth-order valence-corrected chi connectivity index (χ4v) is 3.57. The smallest absolute Gasteiger partial charge is 0.288 e. The van der Waals surface area contributed by atoms with Gasteiger partial charge in [0.15, 0.2) is 0 Å². The number of pyridine rings is 1. The van der Waals surface area contributed by atoms with Gasteiger partial charge in [0.25, 0.3) is 4.84 Å². The molecule has 0 radical (unpaired) electrons. The van der Waals surface area contributed by atoms with Crippen LogP contribution in [0.1, 0.15) is 5.56 Å². The molecule has 7 nitrogen and oxygen atoms in total. The lowest BCUT2D eigenvalue weighted by molar-refractivity contribution is 0.192. The molecule has 4 rings (SSSR count). The van der Waals surface area contributed by atoms with Crippen LogP contribution in [0.2, 0.25) is 0 Å². The maximum absolute atomic E-state index is 9.27. The molecule has 0 spiro atoms. The SMILES string of the molecule is N#Cc1cccnc1N1CCN(Cn2nc(-c3ccc(Br)cc3)oc2=S)CC1. The van der Waals surface area contributed by atoms with Gasteiger partial charge < -0.3 is 9.32 Å². The van der Waals surface area contributed by atoms with E-state index in [4.69, 9.17) is 16.6 Å². The van der Waals surface area contributed by atoms with Gasteiger partial charge >= 0.3 is 0 Å². The molecular formula is C19H17BrN6OS. The highest BCUT2D eigenvalue weighted by Gasteiger charge is 2.21. The van der Waals surface area contributed by atoms with Crippen LogP contribution >= 0.6 is 28.1 Å². The highest BCUT2D eigenvalue weighted by atomic mass is 79.9. The lowest BCUT2D eigenvalue weighted by Gasteiger charge is -2.35. The fraction of sp³-hybridized carbons (Fsp3) is 0.263. The van der Waals surface area contributed by atoms with Crippen molar-refractivity contribution in [3.05, 3.63) is 57.5 Å². The maximum atomic E-state index is 9.27. The van der Waals surface area contributed by atoms with Gasteiger partial charge in [-0.05, 0) is 48.6 Å². The Morgan fingerprint density at radius 1 is 1.14 bits per heavy atom. The molecule has 1 aliphatic heterocycles. The first-order valence-electron chi connectivity index (χ1n) is 8.80. The number of rotatable bonds is 4. The quantitative estimate of drug-likeness (QED) is 0.554. The predicted octanol–water partition coefficient (Wildman–Crippen LogP) is 3.68. The molecule has 28 heavy (non-hydrogen) atoms. The van der Waals surface area contributed by atoms with Crippen LogP contribution < -0.4 is 4.90 Å². The van der Waals surface area contributed by atoms with Crippen molar-refractivity contribution in [2.75, 3.05) is 31.1 Å². The Balaban J connectivity index is 1.42. The Labute approximate surface area is 175 Å². The highest BCUT2D eigenvalue weighted by Crippen LogP contribution is 2.21. The van der Waals surface area contributed by atoms with Gasteiger partial charge in [0.05, 0.1) is 12.2 Å². The molecule has 1 aliphatic rings. The number of piperazine rings is 1. The van der Waals surface area contributed by atoms with Crippen LogP contribution in [-0.4, -0.2) is 45.8 Å². The number of halogens is 1. The summed E-state index contributed by atoms with van der Waals surface area (Å²) in [6.45, 7) is 3.79. The molecule has 0 unspecified atom stereocenters. The summed E-state index contributed by atoms with van der Waals surface area (Å²) in [7, 11) is 0. The summed E-state index contributed by atoms with van der Waals surface area (Å²) in [6.07, 6.45) is 1.72. The molecule has 0 bridgehead atoms. The summed E-state index contributed by atoms with van der Waals surface area (Å²) >= 11 is 8.77. The number of aromatic nitrogens is 3. The van der Waals surface area contributed by atoms with E-state index in [9.17, 15) is 5.26 Å². The number of anilines is 1. The molecule has 1 fully saturated rings. The van der Waals surface area contributed by atoms with Crippen molar-refractivity contribution in [3.8, 4) is 17.5 Å². The van der Waals surface area contributed by atoms with E-state index < -0.39 is 0 Å². The van der Waals surface area contributed by atoms with Crippen LogP contribution in [0, 0.1) is 16.2 Å². The zero-order valence-corrected chi connectivity index (χ0v) is 17.4. The molecule has 142 valence electrons. The molecule has 0 atom stereocenters. The second-order valence-corrected chi connectivity index (χ2v) is 7.68. The van der Waals surface area contributed by atoms with Crippen molar-refractivity contribution >= 4 is 34.0 Å². The van der Waals surface area contributed by atoms with Gasteiger partial charge in [-0.15, -0.1) is 5.10 Å². The molecule has 0 amide bonds. The number of hydrogen-bond acceptors (Lipinski definition) is 7. The Morgan fingerprint density at radius 2 is 1.89 bits per heavy atom. The molecule has 9 heteroatoms. The Hall–Kier alpha value is -2.54. The average Bonchev–Trinajstić information content (AvgIpc) is 3.09. The zero-order chi connectivity index (χ0) is 19.5. The summed E-state index contributed by atoms with van der Waals surface area (Å²) in [4.78, 5) is 9.13. The Kier molecular flexibility index (Phi) is 5.52. The van der Waals surface area contributed by atoms with Crippen LogP contribution in [-0.2, 0) is 6.67 Å². The van der Waals surface area contributed by atoms with Gasteiger partial charge in [-0.1, -0.05) is 15.9 Å². The highest BCUT2D eigenvalue weighted by molar-refractivity contribution is 9.10.